The molecule has 200 valence electrons. The molecule has 0 radical (unpaired) electrons. The highest BCUT2D eigenvalue weighted by Crippen LogP contribution is 2.43. The van der Waals surface area contributed by atoms with Crippen LogP contribution >= 0.6 is 0 Å². The molecule has 0 N–H and O–H groups in total. The van der Waals surface area contributed by atoms with Crippen molar-refractivity contribution in [3.05, 3.63) is 146 Å². The zero-order valence-electron chi connectivity index (χ0n) is 23.1. The maximum absolute atomic E-state index is 5.07. The van der Waals surface area contributed by atoms with Crippen LogP contribution in [0, 0.1) is 0 Å². The van der Waals surface area contributed by atoms with Gasteiger partial charge in [0.1, 0.15) is 5.65 Å². The van der Waals surface area contributed by atoms with E-state index in [-0.39, 0.29) is 0 Å². The van der Waals surface area contributed by atoms with Crippen LogP contribution in [0.25, 0.3) is 82.4 Å². The molecule has 4 aromatic heterocycles. The zero-order chi connectivity index (χ0) is 28.1. The molecule has 0 aliphatic carbocycles. The first-order valence-electron chi connectivity index (χ1n) is 14.7. The van der Waals surface area contributed by atoms with Gasteiger partial charge in [0.25, 0.3) is 0 Å². The van der Waals surface area contributed by atoms with Crippen molar-refractivity contribution in [1.29, 1.82) is 0 Å². The van der Waals surface area contributed by atoms with Gasteiger partial charge in [0.05, 0.1) is 38.8 Å². The maximum atomic E-state index is 5.07. The molecule has 0 amide bonds. The van der Waals surface area contributed by atoms with E-state index in [9.17, 15) is 0 Å². The highest BCUT2D eigenvalue weighted by molar-refractivity contribution is 6.24. The second-order valence-electron chi connectivity index (χ2n) is 11.3. The molecule has 0 bridgehead atoms. The Balaban J connectivity index is 1.49. The second-order valence-corrected chi connectivity index (χ2v) is 11.3. The molecule has 0 saturated heterocycles. The van der Waals surface area contributed by atoms with Gasteiger partial charge in [-0.15, -0.1) is 0 Å². The molecule has 0 unspecified atom stereocenters. The lowest BCUT2D eigenvalue weighted by molar-refractivity contribution is 1.13. The third-order valence-electron chi connectivity index (χ3n) is 9.02. The molecule has 10 aromatic rings. The molecule has 4 heteroatoms. The van der Waals surface area contributed by atoms with Crippen molar-refractivity contribution in [2.75, 3.05) is 0 Å². The predicted molar refractivity (Wildman–Crippen MR) is 179 cm³/mol. The lowest BCUT2D eigenvalue weighted by Gasteiger charge is -2.15. The number of rotatable bonds is 2. The van der Waals surface area contributed by atoms with Crippen LogP contribution in [0.1, 0.15) is 0 Å². The number of para-hydroxylation sites is 5. The number of hydrogen-bond acceptors (Lipinski definition) is 1. The third-order valence-corrected chi connectivity index (χ3v) is 9.02. The Labute approximate surface area is 246 Å². The summed E-state index contributed by atoms with van der Waals surface area (Å²) in [5.74, 6) is 0. The summed E-state index contributed by atoms with van der Waals surface area (Å²) in [6.45, 7) is 0. The second kappa shape index (κ2) is 8.34. The zero-order valence-corrected chi connectivity index (χ0v) is 23.1. The van der Waals surface area contributed by atoms with Crippen LogP contribution in [-0.4, -0.2) is 18.5 Å². The van der Waals surface area contributed by atoms with E-state index in [1.54, 1.807) is 0 Å². The van der Waals surface area contributed by atoms with E-state index in [2.05, 4.69) is 159 Å². The first kappa shape index (κ1) is 22.8. The monoisotopic (exact) mass is 548 g/mol. The van der Waals surface area contributed by atoms with Gasteiger partial charge < -0.3 is 9.13 Å². The van der Waals surface area contributed by atoms with Crippen LogP contribution in [0.2, 0.25) is 0 Å². The van der Waals surface area contributed by atoms with Gasteiger partial charge in [-0.3, -0.25) is 4.40 Å². The number of fused-ring (bicyclic) bond motifs is 12. The summed E-state index contributed by atoms with van der Waals surface area (Å²) in [5.41, 5.74) is 10.2. The number of hydrogen-bond donors (Lipinski definition) is 0. The molecule has 0 spiro atoms. The average Bonchev–Trinajstić information content (AvgIpc) is 3.73. The van der Waals surface area contributed by atoms with Crippen LogP contribution in [-0.2, 0) is 0 Å². The number of nitrogens with zero attached hydrogens (tertiary/aromatic N) is 4. The van der Waals surface area contributed by atoms with E-state index >= 15 is 0 Å². The quantitative estimate of drug-likeness (QED) is 0.211. The van der Waals surface area contributed by atoms with Crippen LogP contribution < -0.4 is 0 Å². The highest BCUT2D eigenvalue weighted by Gasteiger charge is 2.22. The highest BCUT2D eigenvalue weighted by atomic mass is 15.1. The molecule has 4 heterocycles. The molecule has 10 rings (SSSR count). The summed E-state index contributed by atoms with van der Waals surface area (Å²) in [6, 6.07) is 50.0. The minimum absolute atomic E-state index is 0.977. The largest absolute Gasteiger partial charge is 0.307 e. The van der Waals surface area contributed by atoms with Gasteiger partial charge in [-0.05, 0) is 36.4 Å². The lowest BCUT2D eigenvalue weighted by Crippen LogP contribution is -2.01. The molecule has 0 aliphatic heterocycles. The fourth-order valence-corrected chi connectivity index (χ4v) is 7.23. The van der Waals surface area contributed by atoms with Crippen molar-refractivity contribution in [2.45, 2.75) is 0 Å². The van der Waals surface area contributed by atoms with Gasteiger partial charge in [-0.2, -0.15) is 0 Å². The van der Waals surface area contributed by atoms with E-state index in [0.717, 1.165) is 33.4 Å². The molecule has 6 aromatic carbocycles. The fourth-order valence-electron chi connectivity index (χ4n) is 7.23. The average molecular weight is 549 g/mol. The van der Waals surface area contributed by atoms with Gasteiger partial charge in [0.15, 0.2) is 0 Å². The summed E-state index contributed by atoms with van der Waals surface area (Å²) >= 11 is 0. The van der Waals surface area contributed by atoms with E-state index in [0.29, 0.717) is 0 Å². The van der Waals surface area contributed by atoms with Crippen molar-refractivity contribution in [3.8, 4) is 11.4 Å². The summed E-state index contributed by atoms with van der Waals surface area (Å²) in [7, 11) is 0. The SMILES string of the molecule is c1ccc(-n2c3ccccc3c3ccc4c5ccccc5n(-c5cn6c7ccccc7nc6c6ccccc56)c4c32)cc1. The molecule has 0 atom stereocenters. The van der Waals surface area contributed by atoms with Gasteiger partial charge in [-0.1, -0.05) is 103 Å². The molecular formula is C39H24N4. The van der Waals surface area contributed by atoms with Crippen molar-refractivity contribution >= 4 is 71.1 Å². The Kier molecular flexibility index (Phi) is 4.42. The minimum Gasteiger partial charge on any atom is -0.307 e. The smallest absolute Gasteiger partial charge is 0.145 e. The molecule has 0 fully saturated rings. The number of imidazole rings is 1. The van der Waals surface area contributed by atoms with Crippen LogP contribution in [0.5, 0.6) is 0 Å². The normalized spacial score (nSPS) is 12.2. The Morgan fingerprint density at radius 2 is 0.930 bits per heavy atom. The molecule has 4 nitrogen and oxygen atoms in total. The van der Waals surface area contributed by atoms with Crippen LogP contribution in [0.3, 0.4) is 0 Å². The van der Waals surface area contributed by atoms with Crippen LogP contribution in [0.15, 0.2) is 146 Å². The number of pyridine rings is 1. The Morgan fingerprint density at radius 1 is 0.395 bits per heavy atom. The first-order chi connectivity index (χ1) is 21.4. The first-order valence-corrected chi connectivity index (χ1v) is 14.7. The molecular weight excluding hydrogens is 524 g/mol. The van der Waals surface area contributed by atoms with Gasteiger partial charge in [0, 0.05) is 44.2 Å². The van der Waals surface area contributed by atoms with E-state index in [4.69, 9.17) is 4.98 Å². The van der Waals surface area contributed by atoms with E-state index in [1.165, 1.54) is 49.0 Å². The topological polar surface area (TPSA) is 27.2 Å². The van der Waals surface area contributed by atoms with Gasteiger partial charge >= 0.3 is 0 Å². The Bertz CT molecular complexity index is 2720. The van der Waals surface area contributed by atoms with Gasteiger partial charge in [0.2, 0.25) is 0 Å². The maximum Gasteiger partial charge on any atom is 0.145 e. The molecule has 43 heavy (non-hydrogen) atoms. The van der Waals surface area contributed by atoms with Crippen molar-refractivity contribution in [1.82, 2.24) is 18.5 Å². The summed E-state index contributed by atoms with van der Waals surface area (Å²) in [4.78, 5) is 5.07. The van der Waals surface area contributed by atoms with Crippen molar-refractivity contribution in [3.63, 3.8) is 0 Å². The van der Waals surface area contributed by atoms with E-state index in [1.807, 2.05) is 0 Å². The lowest BCUT2D eigenvalue weighted by atomic mass is 10.1. The van der Waals surface area contributed by atoms with Crippen molar-refractivity contribution in [2.24, 2.45) is 0 Å². The third kappa shape index (κ3) is 2.97. The summed E-state index contributed by atoms with van der Waals surface area (Å²) < 4.78 is 7.19. The predicted octanol–water partition coefficient (Wildman–Crippen LogP) is 9.83. The molecule has 0 aliphatic rings. The summed E-state index contributed by atoms with van der Waals surface area (Å²) in [5, 5.41) is 7.28. The molecule has 0 saturated carbocycles. The number of aromatic nitrogens is 4. The minimum atomic E-state index is 0.977. The number of benzene rings is 6. The Hall–Kier alpha value is -5.87. The standard InChI is InChI=1S/C39H24N4/c1-2-12-25(13-3-1)42-33-19-9-6-14-26(33)29-22-23-30-27-15-7-10-20-34(27)43(38(30)37(29)42)36-24-41-35-21-11-8-18-32(35)40-39(41)31-17-5-4-16-28(31)36/h1-24H. The van der Waals surface area contributed by atoms with Crippen molar-refractivity contribution < 1.29 is 0 Å². The fraction of sp³-hybridized carbons (Fsp3) is 0. The van der Waals surface area contributed by atoms with Crippen LogP contribution in [0.4, 0.5) is 0 Å². The summed E-state index contributed by atoms with van der Waals surface area (Å²) in [6.07, 6.45) is 2.28. The van der Waals surface area contributed by atoms with Gasteiger partial charge in [-0.25, -0.2) is 4.98 Å². The Morgan fingerprint density at radius 3 is 1.65 bits per heavy atom. The van der Waals surface area contributed by atoms with E-state index < -0.39 is 0 Å².